The molecular weight excluding hydrogens is 575 g/mol. The number of hydrogen-bond acceptors (Lipinski definition) is 8. The largest absolute Gasteiger partial charge is 0.492 e. The second-order valence-corrected chi connectivity index (χ2v) is 11.6. The number of methoxy groups -OCH3 is 1. The van der Waals surface area contributed by atoms with E-state index in [-0.39, 0.29) is 35.6 Å². The summed E-state index contributed by atoms with van der Waals surface area (Å²) < 4.78 is 81.0. The zero-order valence-electron chi connectivity index (χ0n) is 23.1. The second kappa shape index (κ2) is 12.4. The predicted molar refractivity (Wildman–Crippen MR) is 146 cm³/mol. The first kappa shape index (κ1) is 30.9. The van der Waals surface area contributed by atoms with Crippen LogP contribution in [-0.2, 0) is 25.9 Å². The van der Waals surface area contributed by atoms with Crippen LogP contribution in [0.1, 0.15) is 37.0 Å². The molecule has 9 nitrogen and oxygen atoms in total. The Bertz CT molecular complexity index is 1760. The first-order valence-electron chi connectivity index (χ1n) is 12.7. The highest BCUT2D eigenvalue weighted by molar-refractivity contribution is 7.91. The van der Waals surface area contributed by atoms with Crippen LogP contribution < -0.4 is 5.56 Å². The molecule has 0 aliphatic heterocycles. The molecule has 4 rings (SSSR count). The van der Waals surface area contributed by atoms with Crippen molar-refractivity contribution in [1.29, 1.82) is 0 Å². The minimum Gasteiger partial charge on any atom is -0.492 e. The molecular formula is C29H28F3N3O6S. The lowest BCUT2D eigenvalue weighted by molar-refractivity contribution is 0.0557. The molecule has 222 valence electrons. The molecule has 1 N–H and O–H groups in total. The first-order chi connectivity index (χ1) is 19.8. The topological polar surface area (TPSA) is 121 Å². The summed E-state index contributed by atoms with van der Waals surface area (Å²) in [6, 6.07) is 9.40. The van der Waals surface area contributed by atoms with E-state index in [1.54, 1.807) is 20.8 Å². The SMILES string of the molecule is COC[C@@H](c1cc(F)cc(F)c1)n1c(COC(C)C)nc(O)c(S(=O)(=O)c2ccc(-c3ccc(F)nc3C)cc2)c1=O. The molecule has 0 fully saturated rings. The lowest BCUT2D eigenvalue weighted by Crippen LogP contribution is -2.35. The Morgan fingerprint density at radius 1 is 0.976 bits per heavy atom. The molecule has 0 aliphatic rings. The number of ether oxygens (including phenoxy) is 2. The average molecular weight is 604 g/mol. The van der Waals surface area contributed by atoms with Crippen molar-refractivity contribution in [2.45, 2.75) is 49.3 Å². The van der Waals surface area contributed by atoms with E-state index in [1.807, 2.05) is 0 Å². The molecule has 42 heavy (non-hydrogen) atoms. The van der Waals surface area contributed by atoms with Gasteiger partial charge in [0.2, 0.25) is 21.7 Å². The summed E-state index contributed by atoms with van der Waals surface area (Å²) in [5, 5.41) is 10.8. The molecule has 1 atom stereocenters. The van der Waals surface area contributed by atoms with Gasteiger partial charge in [0.05, 0.1) is 23.6 Å². The zero-order valence-corrected chi connectivity index (χ0v) is 24.0. The molecule has 2 aromatic heterocycles. The van der Waals surface area contributed by atoms with Crippen molar-refractivity contribution in [3.05, 3.63) is 99.6 Å². The van der Waals surface area contributed by atoms with Crippen LogP contribution in [0.5, 0.6) is 5.88 Å². The number of aromatic nitrogens is 3. The second-order valence-electron chi connectivity index (χ2n) is 9.68. The molecule has 2 heterocycles. The molecule has 13 heteroatoms. The summed E-state index contributed by atoms with van der Waals surface area (Å²) >= 11 is 0. The van der Waals surface area contributed by atoms with Gasteiger partial charge in [0.1, 0.15) is 24.1 Å². The van der Waals surface area contributed by atoms with Crippen molar-refractivity contribution in [2.24, 2.45) is 0 Å². The molecule has 0 bridgehead atoms. The van der Waals surface area contributed by atoms with Crippen LogP contribution in [0.25, 0.3) is 11.1 Å². The van der Waals surface area contributed by atoms with Crippen LogP contribution >= 0.6 is 0 Å². The van der Waals surface area contributed by atoms with Gasteiger partial charge in [0.25, 0.3) is 5.56 Å². The molecule has 0 saturated heterocycles. The maximum absolute atomic E-state index is 14.2. The summed E-state index contributed by atoms with van der Waals surface area (Å²) in [5.74, 6) is -3.77. The Morgan fingerprint density at radius 2 is 1.62 bits per heavy atom. The van der Waals surface area contributed by atoms with E-state index in [0.717, 1.165) is 16.7 Å². The predicted octanol–water partition coefficient (Wildman–Crippen LogP) is 4.73. The van der Waals surface area contributed by atoms with Crippen molar-refractivity contribution in [1.82, 2.24) is 14.5 Å². The number of aryl methyl sites for hydroxylation is 1. The fourth-order valence-corrected chi connectivity index (χ4v) is 5.81. The third-order valence-corrected chi connectivity index (χ3v) is 8.16. The third-order valence-electron chi connectivity index (χ3n) is 6.38. The van der Waals surface area contributed by atoms with Crippen LogP contribution in [0, 0.1) is 24.5 Å². The number of aromatic hydroxyl groups is 1. The highest BCUT2D eigenvalue weighted by Gasteiger charge is 2.32. The van der Waals surface area contributed by atoms with E-state index in [1.165, 1.54) is 43.5 Å². The molecule has 2 aromatic carbocycles. The van der Waals surface area contributed by atoms with Gasteiger partial charge >= 0.3 is 0 Å². The maximum Gasteiger partial charge on any atom is 0.277 e. The minimum atomic E-state index is -4.68. The fourth-order valence-electron chi connectivity index (χ4n) is 4.46. The number of sulfone groups is 1. The number of benzene rings is 2. The standard InChI is InChI=1S/C29H28F3N3O6S/c1-16(2)41-15-26-34-28(36)27(29(37)35(26)24(14-40-4)19-11-20(30)13-21(31)12-19)42(38,39)22-7-5-18(6-8-22)23-9-10-25(32)33-17(23)3/h5-13,16,24,36H,14-15H2,1-4H3/t24-/m0/s1. The maximum atomic E-state index is 14.2. The lowest BCUT2D eigenvalue weighted by Gasteiger charge is -2.24. The summed E-state index contributed by atoms with van der Waals surface area (Å²) in [7, 11) is -3.39. The van der Waals surface area contributed by atoms with Gasteiger partial charge in [-0.1, -0.05) is 12.1 Å². The Labute approximate surface area is 240 Å². The van der Waals surface area contributed by atoms with Gasteiger partial charge in [0.15, 0.2) is 4.90 Å². The average Bonchev–Trinajstić information content (AvgIpc) is 2.90. The van der Waals surface area contributed by atoms with Gasteiger partial charge in [-0.3, -0.25) is 9.36 Å². The number of halogens is 3. The molecule has 0 radical (unpaired) electrons. The number of pyridine rings is 1. The highest BCUT2D eigenvalue weighted by atomic mass is 32.2. The summed E-state index contributed by atoms with van der Waals surface area (Å²) in [5.41, 5.74) is 0.247. The van der Waals surface area contributed by atoms with Crippen LogP contribution in [-0.4, -0.2) is 47.9 Å². The van der Waals surface area contributed by atoms with Crippen LogP contribution in [0.4, 0.5) is 13.2 Å². The van der Waals surface area contributed by atoms with Crippen molar-refractivity contribution in [3.63, 3.8) is 0 Å². The highest BCUT2D eigenvalue weighted by Crippen LogP contribution is 2.30. The number of rotatable bonds is 10. The van der Waals surface area contributed by atoms with Crippen molar-refractivity contribution < 1.29 is 36.2 Å². The summed E-state index contributed by atoms with van der Waals surface area (Å²) in [6.07, 6.45) is -0.341. The Hall–Kier alpha value is -4.07. The van der Waals surface area contributed by atoms with E-state index in [9.17, 15) is 31.5 Å². The van der Waals surface area contributed by atoms with Gasteiger partial charge < -0.3 is 14.6 Å². The van der Waals surface area contributed by atoms with Gasteiger partial charge in [-0.2, -0.15) is 9.37 Å². The van der Waals surface area contributed by atoms with E-state index >= 15 is 0 Å². The van der Waals surface area contributed by atoms with Crippen LogP contribution in [0.2, 0.25) is 0 Å². The Balaban J connectivity index is 1.90. The van der Waals surface area contributed by atoms with Gasteiger partial charge in [0, 0.05) is 24.4 Å². The molecule has 0 spiro atoms. The zero-order chi connectivity index (χ0) is 30.8. The van der Waals surface area contributed by atoms with Crippen molar-refractivity contribution in [2.75, 3.05) is 13.7 Å². The van der Waals surface area contributed by atoms with Crippen LogP contribution in [0.3, 0.4) is 0 Å². The normalized spacial score (nSPS) is 12.6. The van der Waals surface area contributed by atoms with Crippen LogP contribution in [0.15, 0.2) is 69.2 Å². The number of hydrogen-bond donors (Lipinski definition) is 1. The number of nitrogens with zero attached hydrogens (tertiary/aromatic N) is 3. The quantitative estimate of drug-likeness (QED) is 0.259. The molecule has 0 aliphatic carbocycles. The Kier molecular flexibility index (Phi) is 9.14. The lowest BCUT2D eigenvalue weighted by atomic mass is 10.1. The monoisotopic (exact) mass is 603 g/mol. The van der Waals surface area contributed by atoms with Gasteiger partial charge in [-0.15, -0.1) is 0 Å². The van der Waals surface area contributed by atoms with Crippen molar-refractivity contribution >= 4 is 9.84 Å². The van der Waals surface area contributed by atoms with E-state index in [2.05, 4.69) is 9.97 Å². The van der Waals surface area contributed by atoms with E-state index in [4.69, 9.17) is 9.47 Å². The fraction of sp³-hybridized carbons (Fsp3) is 0.276. The van der Waals surface area contributed by atoms with E-state index < -0.39 is 49.8 Å². The van der Waals surface area contributed by atoms with Gasteiger partial charge in [-0.25, -0.2) is 22.2 Å². The molecule has 0 unspecified atom stereocenters. The summed E-state index contributed by atoms with van der Waals surface area (Å²) in [4.78, 5) is 20.3. The molecule has 4 aromatic rings. The van der Waals surface area contributed by atoms with Crippen molar-refractivity contribution in [3.8, 4) is 17.0 Å². The molecule has 0 saturated carbocycles. The van der Waals surface area contributed by atoms with Gasteiger partial charge in [-0.05, 0) is 68.3 Å². The third kappa shape index (κ3) is 6.37. The summed E-state index contributed by atoms with van der Waals surface area (Å²) in [6.45, 7) is 4.38. The minimum absolute atomic E-state index is 0.0364. The first-order valence-corrected chi connectivity index (χ1v) is 14.2. The molecule has 0 amide bonds. The smallest absolute Gasteiger partial charge is 0.277 e. The van der Waals surface area contributed by atoms with E-state index in [0.29, 0.717) is 22.9 Å². The Morgan fingerprint density at radius 3 is 2.19 bits per heavy atom.